The van der Waals surface area contributed by atoms with Gasteiger partial charge in [-0.2, -0.15) is 0 Å². The summed E-state index contributed by atoms with van der Waals surface area (Å²) in [5.41, 5.74) is 0. The van der Waals surface area contributed by atoms with Crippen LogP contribution in [0.1, 0.15) is 55.4 Å². The van der Waals surface area contributed by atoms with E-state index in [1.54, 1.807) is 0 Å². The van der Waals surface area contributed by atoms with Crippen molar-refractivity contribution in [2.45, 2.75) is 55.4 Å². The van der Waals surface area contributed by atoms with Crippen molar-refractivity contribution >= 4 is 0 Å². The van der Waals surface area contributed by atoms with Crippen LogP contribution in [0, 0.1) is 10.2 Å². The smallest absolute Gasteiger partial charge is 0.0757 e. The first-order valence-electron chi connectivity index (χ1n) is 8.80. The molecule has 0 aromatic carbocycles. The van der Waals surface area contributed by atoms with Gasteiger partial charge in [0.2, 0.25) is 0 Å². The van der Waals surface area contributed by atoms with E-state index in [2.05, 4.69) is 55.4 Å². The van der Waals surface area contributed by atoms with E-state index in [0.717, 1.165) is 0 Å². The zero-order valence-electron chi connectivity index (χ0n) is 16.9. The molecule has 0 aliphatic rings. The minimum atomic E-state index is -4.94. The van der Waals surface area contributed by atoms with Crippen LogP contribution in [0.2, 0.25) is 0 Å². The van der Waals surface area contributed by atoms with Gasteiger partial charge in [-0.05, 0) is 55.4 Å². The van der Waals surface area contributed by atoms with E-state index in [1.165, 1.54) is 61.3 Å². The van der Waals surface area contributed by atoms with Crippen molar-refractivity contribution in [1.29, 1.82) is 0 Å². The summed E-state index contributed by atoms with van der Waals surface area (Å²) in [6.45, 7) is 28.4. The zero-order valence-corrected chi connectivity index (χ0v) is 19.3. The monoisotopic (exact) mass is 438 g/mol. The summed E-state index contributed by atoms with van der Waals surface area (Å²) in [7, 11) is -4.94. The van der Waals surface area contributed by atoms with Gasteiger partial charge in [0.15, 0.2) is 0 Å². The van der Waals surface area contributed by atoms with E-state index >= 15 is 0 Å². The molecule has 0 fully saturated rings. The zero-order chi connectivity index (χ0) is 19.2. The molecule has 0 saturated heterocycles. The van der Waals surface area contributed by atoms with Crippen molar-refractivity contribution in [3.8, 4) is 0 Å². The maximum Gasteiger partial charge on any atom is 0.0757 e. The number of hydrogen-bond donors (Lipinski definition) is 0. The second-order valence-corrected chi connectivity index (χ2v) is 6.35. The van der Waals surface area contributed by atoms with Gasteiger partial charge in [-0.3, -0.25) is 0 Å². The molecule has 0 spiro atoms. The topological polar surface area (TPSA) is 92.2 Å². The molecule has 0 bridgehead atoms. The Hall–Kier alpha value is 0.530. The summed E-state index contributed by atoms with van der Waals surface area (Å²) in [4.78, 5) is 0. The van der Waals surface area contributed by atoms with Crippen molar-refractivity contribution in [3.05, 3.63) is 0 Å². The first kappa shape index (κ1) is 32.2. The van der Waals surface area contributed by atoms with Crippen LogP contribution in [-0.4, -0.2) is 61.3 Å². The predicted molar refractivity (Wildman–Crippen MR) is 84.8 cm³/mol. The van der Waals surface area contributed by atoms with E-state index in [9.17, 15) is 0 Å². The first-order chi connectivity index (χ1) is 10.5. The van der Waals surface area contributed by atoms with Crippen LogP contribution in [0.15, 0.2) is 0 Å². The highest BCUT2D eigenvalue weighted by Gasteiger charge is 2.16. The number of halogens is 2. The second kappa shape index (κ2) is 17.0. The fourth-order valence-corrected chi connectivity index (χ4v) is 2.68. The molecule has 6 nitrogen and oxygen atoms in total. The van der Waals surface area contributed by atoms with Crippen molar-refractivity contribution in [1.82, 2.24) is 0 Å². The predicted octanol–water partition coefficient (Wildman–Crippen LogP) is -3.99. The van der Waals surface area contributed by atoms with Crippen LogP contribution in [0.3, 0.4) is 0 Å². The molecule has 0 aliphatic heterocycles. The normalized spacial score (nSPS) is 11.5. The van der Waals surface area contributed by atoms with Gasteiger partial charge >= 0.3 is 0 Å². The fraction of sp³-hybridized carbons (Fsp3) is 1.00. The van der Waals surface area contributed by atoms with Gasteiger partial charge in [0, 0.05) is 0 Å². The van der Waals surface area contributed by atoms with Crippen LogP contribution in [-0.2, 0) is 0 Å². The van der Waals surface area contributed by atoms with E-state index in [0.29, 0.717) is 0 Å². The third-order valence-electron chi connectivity index (χ3n) is 5.37. The lowest BCUT2D eigenvalue weighted by Crippen LogP contribution is -3.00. The van der Waals surface area contributed by atoms with Gasteiger partial charge in [-0.1, -0.05) is 0 Å². The summed E-state index contributed by atoms with van der Waals surface area (Å²) in [6.07, 6.45) is 0. The van der Waals surface area contributed by atoms with Crippen LogP contribution < -0.4 is 35.6 Å². The molecule has 0 unspecified atom stereocenters. The van der Waals surface area contributed by atoms with Crippen LogP contribution in [0.25, 0.3) is 0 Å². The highest BCUT2D eigenvalue weighted by molar-refractivity contribution is 4.31. The number of quaternary nitrogens is 2. The number of hydrogen-bond acceptors (Lipinski definition) is 4. The lowest BCUT2D eigenvalue weighted by molar-refractivity contribution is -2.00. The molecule has 0 amide bonds. The highest BCUT2D eigenvalue weighted by atomic mass is 79.9. The molecule has 0 heterocycles. The number of nitrogens with zero attached hydrogens (tertiary/aromatic N) is 2. The van der Waals surface area contributed by atoms with Crippen molar-refractivity contribution < 1.29 is 54.8 Å². The molecule has 152 valence electrons. The van der Waals surface area contributed by atoms with Crippen molar-refractivity contribution in [2.75, 3.05) is 52.4 Å². The Morgan fingerprint density at radius 1 is 0.458 bits per heavy atom. The summed E-state index contributed by atoms with van der Waals surface area (Å²) < 4.78 is 36.5. The van der Waals surface area contributed by atoms with Crippen LogP contribution >= 0.6 is 0 Å². The van der Waals surface area contributed by atoms with Gasteiger partial charge in [0.25, 0.3) is 0 Å². The van der Waals surface area contributed by atoms with E-state index < -0.39 is 10.2 Å². The molecule has 0 aromatic heterocycles. The maximum atomic E-state index is 8.49. The molecule has 0 N–H and O–H groups in total. The summed E-state index contributed by atoms with van der Waals surface area (Å²) in [6, 6.07) is 0. The maximum absolute atomic E-state index is 8.49. The Labute approximate surface area is 162 Å². The lowest BCUT2D eigenvalue weighted by atomic mass is 10.3. The Morgan fingerprint density at radius 3 is 0.542 bits per heavy atom. The van der Waals surface area contributed by atoms with Crippen molar-refractivity contribution in [2.24, 2.45) is 0 Å². The standard InChI is InChI=1S/2C8H20N.BrH.ClHO4/c2*1-5-9(6-2,7-3)8-4;;2-1(3,4)5/h2*5-8H2,1-4H3;1H;(H,2,3,4,5)/q2*+1;;/p-2. The van der Waals surface area contributed by atoms with E-state index in [1.807, 2.05) is 0 Å². The fourth-order valence-electron chi connectivity index (χ4n) is 2.68. The second-order valence-electron chi connectivity index (χ2n) is 5.59. The molecular formula is C16H40BrClN2O4. The van der Waals surface area contributed by atoms with E-state index in [4.69, 9.17) is 18.6 Å². The molecule has 0 saturated carbocycles. The van der Waals surface area contributed by atoms with Crippen LogP contribution in [0.5, 0.6) is 0 Å². The van der Waals surface area contributed by atoms with Gasteiger partial charge in [0.05, 0.1) is 52.4 Å². The third-order valence-corrected chi connectivity index (χ3v) is 5.37. The van der Waals surface area contributed by atoms with Crippen LogP contribution in [0.4, 0.5) is 0 Å². The molecule has 24 heavy (non-hydrogen) atoms. The Balaban J connectivity index is -0.000000128. The van der Waals surface area contributed by atoms with E-state index in [-0.39, 0.29) is 17.0 Å². The average Bonchev–Trinajstić information content (AvgIpc) is 2.52. The first-order valence-corrected chi connectivity index (χ1v) is 10.0. The molecular weight excluding hydrogens is 400 g/mol. The average molecular weight is 440 g/mol. The van der Waals surface area contributed by atoms with Gasteiger partial charge in [-0.15, -0.1) is 10.2 Å². The molecule has 8 heteroatoms. The lowest BCUT2D eigenvalue weighted by Gasteiger charge is -2.34. The Morgan fingerprint density at radius 2 is 0.542 bits per heavy atom. The third kappa shape index (κ3) is 17.4. The van der Waals surface area contributed by atoms with Gasteiger partial charge in [0.1, 0.15) is 0 Å². The summed E-state index contributed by atoms with van der Waals surface area (Å²) >= 11 is 0. The minimum Gasteiger partial charge on any atom is -1.00 e. The highest BCUT2D eigenvalue weighted by Crippen LogP contribution is 2.03. The summed E-state index contributed by atoms with van der Waals surface area (Å²) in [5, 5.41) is 0. The molecule has 0 radical (unpaired) electrons. The largest absolute Gasteiger partial charge is 1.00 e. The Bertz CT molecular complexity index is 198. The molecule has 0 atom stereocenters. The summed E-state index contributed by atoms with van der Waals surface area (Å²) in [5.74, 6) is 0. The quantitative estimate of drug-likeness (QED) is 0.361. The van der Waals surface area contributed by atoms with Gasteiger partial charge in [-0.25, -0.2) is 18.6 Å². The minimum absolute atomic E-state index is 0. The Kier molecular flexibility index (Phi) is 22.8. The van der Waals surface area contributed by atoms with Gasteiger partial charge < -0.3 is 25.9 Å². The molecule has 0 aliphatic carbocycles. The SMILES string of the molecule is CC[N+](CC)(CC)CC.CC[N+](CC)(CC)CC.[Br-].[O-][Cl+3]([O-])([O-])[O-]. The molecule has 0 aromatic rings. The molecule has 0 rings (SSSR count). The van der Waals surface area contributed by atoms with Crippen molar-refractivity contribution in [3.63, 3.8) is 0 Å². The number of rotatable bonds is 8.